The highest BCUT2D eigenvalue weighted by molar-refractivity contribution is 9.11. The highest BCUT2D eigenvalue weighted by Gasteiger charge is 2.32. The Hall–Kier alpha value is 0.01000. The number of nitrogens with one attached hydrogen (secondary N) is 1. The van der Waals surface area contributed by atoms with E-state index in [0.29, 0.717) is 30.7 Å². The third-order valence-corrected chi connectivity index (χ3v) is 7.04. The van der Waals surface area contributed by atoms with E-state index in [0.717, 1.165) is 10.0 Å². The molecule has 21 heavy (non-hydrogen) atoms. The van der Waals surface area contributed by atoms with Gasteiger partial charge in [-0.05, 0) is 47.6 Å². The van der Waals surface area contributed by atoms with E-state index in [-0.39, 0.29) is 11.0 Å². The summed E-state index contributed by atoms with van der Waals surface area (Å²) in [5.74, 6) is 0. The summed E-state index contributed by atoms with van der Waals surface area (Å²) < 4.78 is 34.1. The van der Waals surface area contributed by atoms with Crippen LogP contribution in [0.4, 0.5) is 0 Å². The summed E-state index contributed by atoms with van der Waals surface area (Å²) in [4.78, 5) is 0.282. The highest BCUT2D eigenvalue weighted by atomic mass is 79.9. The minimum atomic E-state index is -3.53. The summed E-state index contributed by atoms with van der Waals surface area (Å²) in [7, 11) is -1.71. The van der Waals surface area contributed by atoms with Gasteiger partial charge in [-0.15, -0.1) is 0 Å². The molecule has 118 valence electrons. The minimum Gasteiger partial charge on any atom is -0.374 e. The van der Waals surface area contributed by atoms with Crippen molar-refractivity contribution in [3.63, 3.8) is 0 Å². The molecule has 1 aromatic rings. The highest BCUT2D eigenvalue weighted by Crippen LogP contribution is 2.31. The van der Waals surface area contributed by atoms with Crippen molar-refractivity contribution in [2.24, 2.45) is 0 Å². The molecule has 1 aliphatic rings. The Balaban J connectivity index is 2.31. The van der Waals surface area contributed by atoms with Crippen molar-refractivity contribution in [3.05, 3.63) is 26.6 Å². The Kier molecular flexibility index (Phi) is 5.84. The van der Waals surface area contributed by atoms with Crippen LogP contribution in [0, 0.1) is 6.92 Å². The topological polar surface area (TPSA) is 58.6 Å². The number of nitrogens with zero attached hydrogens (tertiary/aromatic N) is 1. The lowest BCUT2D eigenvalue weighted by molar-refractivity contribution is 0.000812. The van der Waals surface area contributed by atoms with Crippen LogP contribution in [0.2, 0.25) is 0 Å². The Morgan fingerprint density at radius 3 is 2.76 bits per heavy atom. The number of likely N-dealkylation sites (N-methyl/N-ethyl adjacent to an activating group) is 1. The van der Waals surface area contributed by atoms with Crippen LogP contribution in [0.1, 0.15) is 5.56 Å². The number of aryl methyl sites for hydroxylation is 1. The van der Waals surface area contributed by atoms with E-state index in [4.69, 9.17) is 4.74 Å². The second-order valence-electron chi connectivity index (χ2n) is 4.95. The quantitative estimate of drug-likeness (QED) is 0.777. The van der Waals surface area contributed by atoms with Gasteiger partial charge in [0.1, 0.15) is 0 Å². The number of benzene rings is 1. The van der Waals surface area contributed by atoms with E-state index in [2.05, 4.69) is 37.2 Å². The van der Waals surface area contributed by atoms with Gasteiger partial charge in [-0.1, -0.05) is 15.9 Å². The van der Waals surface area contributed by atoms with Crippen LogP contribution in [0.25, 0.3) is 0 Å². The van der Waals surface area contributed by atoms with Crippen molar-refractivity contribution in [2.45, 2.75) is 17.9 Å². The van der Waals surface area contributed by atoms with Crippen molar-refractivity contribution in [1.29, 1.82) is 0 Å². The molecule has 1 fully saturated rings. The van der Waals surface area contributed by atoms with Crippen LogP contribution in [0.15, 0.2) is 26.0 Å². The predicted octanol–water partition coefficient (Wildman–Crippen LogP) is 2.13. The molecule has 1 unspecified atom stereocenters. The Bertz CT molecular complexity index is 620. The molecule has 1 saturated heterocycles. The molecular formula is C13H18Br2N2O3S. The second-order valence-corrected chi connectivity index (χ2v) is 8.56. The molecule has 0 spiro atoms. The van der Waals surface area contributed by atoms with E-state index >= 15 is 0 Å². The predicted molar refractivity (Wildman–Crippen MR) is 89.0 cm³/mol. The smallest absolute Gasteiger partial charge is 0.244 e. The largest absolute Gasteiger partial charge is 0.374 e. The third kappa shape index (κ3) is 3.86. The van der Waals surface area contributed by atoms with E-state index in [1.165, 1.54) is 4.31 Å². The van der Waals surface area contributed by atoms with Crippen LogP contribution < -0.4 is 5.32 Å². The first kappa shape index (κ1) is 17.4. The number of hydrogen-bond donors (Lipinski definition) is 1. The molecule has 1 aromatic carbocycles. The zero-order chi connectivity index (χ0) is 15.6. The molecule has 0 radical (unpaired) electrons. The van der Waals surface area contributed by atoms with Gasteiger partial charge in [-0.3, -0.25) is 0 Å². The monoisotopic (exact) mass is 440 g/mol. The second kappa shape index (κ2) is 7.06. The molecule has 1 heterocycles. The van der Waals surface area contributed by atoms with Gasteiger partial charge in [0, 0.05) is 28.6 Å². The number of morpholine rings is 1. The molecule has 0 saturated carbocycles. The van der Waals surface area contributed by atoms with Crippen LogP contribution in [0.5, 0.6) is 0 Å². The normalized spacial score (nSPS) is 20.7. The van der Waals surface area contributed by atoms with Crippen molar-refractivity contribution in [1.82, 2.24) is 9.62 Å². The lowest BCUT2D eigenvalue weighted by Crippen LogP contribution is -2.48. The lowest BCUT2D eigenvalue weighted by Gasteiger charge is -2.32. The Labute approximate surface area is 142 Å². The van der Waals surface area contributed by atoms with Gasteiger partial charge in [0.2, 0.25) is 10.0 Å². The maximum absolute atomic E-state index is 12.8. The zero-order valence-corrected chi connectivity index (χ0v) is 15.9. The number of sulfonamides is 1. The molecular weight excluding hydrogens is 424 g/mol. The maximum atomic E-state index is 12.8. The average Bonchev–Trinajstić information content (AvgIpc) is 2.43. The summed E-state index contributed by atoms with van der Waals surface area (Å²) in [5, 5.41) is 3.01. The van der Waals surface area contributed by atoms with E-state index in [9.17, 15) is 8.42 Å². The van der Waals surface area contributed by atoms with Crippen LogP contribution in [-0.4, -0.2) is 52.1 Å². The maximum Gasteiger partial charge on any atom is 0.244 e. The lowest BCUT2D eigenvalue weighted by atomic mass is 10.2. The van der Waals surface area contributed by atoms with Crippen LogP contribution >= 0.6 is 31.9 Å². The van der Waals surface area contributed by atoms with Gasteiger partial charge in [0.25, 0.3) is 0 Å². The van der Waals surface area contributed by atoms with Gasteiger partial charge in [-0.25, -0.2) is 8.42 Å². The summed E-state index contributed by atoms with van der Waals surface area (Å²) in [6.07, 6.45) is -0.119. The van der Waals surface area contributed by atoms with Crippen LogP contribution in [0.3, 0.4) is 0 Å². The first-order chi connectivity index (χ1) is 9.86. The fourth-order valence-electron chi connectivity index (χ4n) is 2.23. The molecule has 0 aromatic heterocycles. The van der Waals surface area contributed by atoms with Crippen molar-refractivity contribution < 1.29 is 13.2 Å². The first-order valence-electron chi connectivity index (χ1n) is 6.58. The first-order valence-corrected chi connectivity index (χ1v) is 9.61. The molecule has 2 rings (SSSR count). The molecule has 0 aliphatic carbocycles. The Morgan fingerprint density at radius 1 is 1.38 bits per heavy atom. The van der Waals surface area contributed by atoms with Gasteiger partial charge in [-0.2, -0.15) is 4.31 Å². The van der Waals surface area contributed by atoms with Gasteiger partial charge >= 0.3 is 0 Å². The van der Waals surface area contributed by atoms with Crippen molar-refractivity contribution in [2.75, 3.05) is 33.3 Å². The molecule has 0 amide bonds. The van der Waals surface area contributed by atoms with Crippen molar-refractivity contribution >= 4 is 41.9 Å². The standard InChI is InChI=1S/C13H18Br2N2O3S/c1-9-5-12(15)13(6-11(9)14)21(18,19)17-3-4-20-10(8-17)7-16-2/h5-6,10,16H,3-4,7-8H2,1-2H3. The van der Waals surface area contributed by atoms with Crippen LogP contribution in [-0.2, 0) is 14.8 Å². The minimum absolute atomic E-state index is 0.119. The SMILES string of the molecule is CNCC1CN(S(=O)(=O)c2cc(Br)c(C)cc2Br)CCO1. The Morgan fingerprint density at radius 2 is 2.10 bits per heavy atom. The molecule has 1 aliphatic heterocycles. The van der Waals surface area contributed by atoms with Gasteiger partial charge < -0.3 is 10.1 Å². The number of hydrogen-bond acceptors (Lipinski definition) is 4. The van der Waals surface area contributed by atoms with E-state index in [1.54, 1.807) is 6.07 Å². The molecule has 0 bridgehead atoms. The number of rotatable bonds is 4. The average molecular weight is 442 g/mol. The summed E-state index contributed by atoms with van der Waals surface area (Å²) in [6, 6.07) is 3.46. The number of ether oxygens (including phenoxy) is 1. The van der Waals surface area contributed by atoms with E-state index < -0.39 is 10.0 Å². The molecule has 5 nitrogen and oxygen atoms in total. The molecule has 1 N–H and O–H groups in total. The molecule has 8 heteroatoms. The summed E-state index contributed by atoms with van der Waals surface area (Å²) >= 11 is 6.75. The fraction of sp³-hybridized carbons (Fsp3) is 0.538. The summed E-state index contributed by atoms with van der Waals surface area (Å²) in [5.41, 5.74) is 0.982. The zero-order valence-electron chi connectivity index (χ0n) is 11.9. The number of halogens is 2. The van der Waals surface area contributed by atoms with E-state index in [1.807, 2.05) is 20.0 Å². The fourth-order valence-corrected chi connectivity index (χ4v) is 5.32. The van der Waals surface area contributed by atoms with Gasteiger partial charge in [0.05, 0.1) is 17.6 Å². The van der Waals surface area contributed by atoms with Crippen molar-refractivity contribution in [3.8, 4) is 0 Å². The van der Waals surface area contributed by atoms with Gasteiger partial charge in [0.15, 0.2) is 0 Å². The molecule has 1 atom stereocenters. The summed E-state index contributed by atoms with van der Waals surface area (Å²) in [6.45, 7) is 3.70. The third-order valence-electron chi connectivity index (χ3n) is 3.36.